The molecule has 0 bridgehead atoms. The summed E-state index contributed by atoms with van der Waals surface area (Å²) in [6, 6.07) is 8.27. The third kappa shape index (κ3) is 3.16. The van der Waals surface area contributed by atoms with Crippen LogP contribution in [0.5, 0.6) is 5.75 Å². The van der Waals surface area contributed by atoms with Crippen LogP contribution in [0.15, 0.2) is 24.3 Å². The van der Waals surface area contributed by atoms with E-state index >= 15 is 0 Å². The maximum Gasteiger partial charge on any atom is 0.205 e. The molecule has 1 fully saturated rings. The second kappa shape index (κ2) is 6.52. The predicted octanol–water partition coefficient (Wildman–Crippen LogP) is 3.00. The van der Waals surface area contributed by atoms with E-state index in [1.165, 1.54) is 17.2 Å². The number of hydrogen-bond donors (Lipinski definition) is 0. The van der Waals surface area contributed by atoms with Crippen molar-refractivity contribution in [2.45, 2.75) is 19.8 Å². The maximum atomic E-state index is 5.21. The largest absolute Gasteiger partial charge is 0.497 e. The molecule has 22 heavy (non-hydrogen) atoms. The Morgan fingerprint density at radius 2 is 1.68 bits per heavy atom. The molecule has 5 nitrogen and oxygen atoms in total. The summed E-state index contributed by atoms with van der Waals surface area (Å²) in [4.78, 5) is 9.39. The van der Waals surface area contributed by atoms with Crippen molar-refractivity contribution in [2.75, 3.05) is 43.1 Å². The summed E-state index contributed by atoms with van der Waals surface area (Å²) in [7, 11) is 1.70. The fourth-order valence-electron chi connectivity index (χ4n) is 2.54. The standard InChI is InChI=1S/C16H22N4OS/c1-12(2)15-17-16(22-18-15)20-10-8-19(9-11-20)13-4-6-14(21-3)7-5-13/h4-7,12H,8-11H2,1-3H3. The number of piperazine rings is 1. The van der Waals surface area contributed by atoms with Gasteiger partial charge in [0, 0.05) is 49.3 Å². The van der Waals surface area contributed by atoms with Gasteiger partial charge in [-0.25, -0.2) is 4.98 Å². The van der Waals surface area contributed by atoms with Gasteiger partial charge in [-0.05, 0) is 24.3 Å². The molecule has 1 aromatic carbocycles. The number of methoxy groups -OCH3 is 1. The van der Waals surface area contributed by atoms with Crippen molar-refractivity contribution < 1.29 is 4.74 Å². The number of benzene rings is 1. The molecule has 1 aromatic heterocycles. The van der Waals surface area contributed by atoms with Gasteiger partial charge in [-0.15, -0.1) is 0 Å². The van der Waals surface area contributed by atoms with Crippen LogP contribution in [0, 0.1) is 0 Å². The number of ether oxygens (including phenoxy) is 1. The molecule has 0 amide bonds. The number of rotatable bonds is 4. The Labute approximate surface area is 135 Å². The molecule has 118 valence electrons. The predicted molar refractivity (Wildman–Crippen MR) is 91.4 cm³/mol. The maximum absolute atomic E-state index is 5.21. The van der Waals surface area contributed by atoms with Crippen LogP contribution in [0.25, 0.3) is 0 Å². The van der Waals surface area contributed by atoms with E-state index in [0.29, 0.717) is 5.92 Å². The van der Waals surface area contributed by atoms with Gasteiger partial charge >= 0.3 is 0 Å². The zero-order valence-electron chi connectivity index (χ0n) is 13.3. The minimum absolute atomic E-state index is 0.394. The van der Waals surface area contributed by atoms with E-state index in [1.54, 1.807) is 7.11 Å². The van der Waals surface area contributed by atoms with Crippen LogP contribution in [0.1, 0.15) is 25.6 Å². The molecular weight excluding hydrogens is 296 g/mol. The van der Waals surface area contributed by atoms with Gasteiger partial charge in [0.05, 0.1) is 7.11 Å². The summed E-state index contributed by atoms with van der Waals surface area (Å²) in [6.45, 7) is 8.24. The molecule has 0 atom stereocenters. The van der Waals surface area contributed by atoms with Crippen LogP contribution in [0.2, 0.25) is 0 Å². The normalized spacial score (nSPS) is 15.5. The van der Waals surface area contributed by atoms with Gasteiger partial charge in [0.1, 0.15) is 11.6 Å². The van der Waals surface area contributed by atoms with Crippen molar-refractivity contribution in [1.29, 1.82) is 0 Å². The fraction of sp³-hybridized carbons (Fsp3) is 0.500. The van der Waals surface area contributed by atoms with Crippen LogP contribution in [0.4, 0.5) is 10.8 Å². The van der Waals surface area contributed by atoms with E-state index in [4.69, 9.17) is 4.74 Å². The van der Waals surface area contributed by atoms with Crippen molar-refractivity contribution in [3.8, 4) is 5.75 Å². The first-order chi connectivity index (χ1) is 10.7. The molecule has 6 heteroatoms. The smallest absolute Gasteiger partial charge is 0.205 e. The molecule has 0 spiro atoms. The van der Waals surface area contributed by atoms with Crippen LogP contribution < -0.4 is 14.5 Å². The third-order valence-corrected chi connectivity index (χ3v) is 4.73. The summed E-state index contributed by atoms with van der Waals surface area (Å²) in [6.07, 6.45) is 0. The zero-order chi connectivity index (χ0) is 15.5. The SMILES string of the molecule is COc1ccc(N2CCN(c3nc(C(C)C)ns3)CC2)cc1. The van der Waals surface area contributed by atoms with E-state index in [2.05, 4.69) is 45.1 Å². The van der Waals surface area contributed by atoms with E-state index in [1.807, 2.05) is 12.1 Å². The molecule has 0 N–H and O–H groups in total. The van der Waals surface area contributed by atoms with Gasteiger partial charge in [0.2, 0.25) is 5.13 Å². The average Bonchev–Trinajstić information content (AvgIpc) is 3.05. The van der Waals surface area contributed by atoms with Crippen LogP contribution >= 0.6 is 11.5 Å². The Morgan fingerprint density at radius 1 is 1.05 bits per heavy atom. The van der Waals surface area contributed by atoms with E-state index in [0.717, 1.165) is 42.9 Å². The van der Waals surface area contributed by atoms with Crippen molar-refractivity contribution in [1.82, 2.24) is 9.36 Å². The highest BCUT2D eigenvalue weighted by Crippen LogP contribution is 2.25. The minimum atomic E-state index is 0.394. The number of aromatic nitrogens is 2. The van der Waals surface area contributed by atoms with Gasteiger partial charge < -0.3 is 14.5 Å². The van der Waals surface area contributed by atoms with Crippen molar-refractivity contribution in [2.24, 2.45) is 0 Å². The Morgan fingerprint density at radius 3 is 2.23 bits per heavy atom. The second-order valence-electron chi connectivity index (χ2n) is 5.76. The highest BCUT2D eigenvalue weighted by atomic mass is 32.1. The van der Waals surface area contributed by atoms with Gasteiger partial charge in [-0.3, -0.25) is 0 Å². The van der Waals surface area contributed by atoms with Crippen molar-refractivity contribution >= 4 is 22.4 Å². The summed E-state index contributed by atoms with van der Waals surface area (Å²) in [5.74, 6) is 2.25. The molecule has 0 radical (unpaired) electrons. The zero-order valence-corrected chi connectivity index (χ0v) is 14.1. The number of hydrogen-bond acceptors (Lipinski definition) is 6. The quantitative estimate of drug-likeness (QED) is 0.867. The molecular formula is C16H22N4OS. The average molecular weight is 318 g/mol. The lowest BCUT2D eigenvalue weighted by Gasteiger charge is -2.35. The van der Waals surface area contributed by atoms with Gasteiger partial charge in [0.15, 0.2) is 0 Å². The molecule has 1 saturated heterocycles. The first-order valence-electron chi connectivity index (χ1n) is 7.65. The summed E-state index contributed by atoms with van der Waals surface area (Å²) < 4.78 is 9.66. The van der Waals surface area contributed by atoms with E-state index in [-0.39, 0.29) is 0 Å². The first kappa shape index (κ1) is 15.1. The van der Waals surface area contributed by atoms with Gasteiger partial charge in [0.25, 0.3) is 0 Å². The fourth-order valence-corrected chi connectivity index (χ4v) is 3.40. The molecule has 0 aliphatic carbocycles. The summed E-state index contributed by atoms with van der Waals surface area (Å²) in [5, 5.41) is 1.05. The molecule has 0 saturated carbocycles. The Hall–Kier alpha value is -1.82. The molecule has 2 heterocycles. The highest BCUT2D eigenvalue weighted by Gasteiger charge is 2.20. The minimum Gasteiger partial charge on any atom is -0.497 e. The van der Waals surface area contributed by atoms with Crippen molar-refractivity contribution in [3.05, 3.63) is 30.1 Å². The second-order valence-corrected chi connectivity index (χ2v) is 6.49. The molecule has 0 unspecified atom stereocenters. The number of anilines is 2. The lowest BCUT2D eigenvalue weighted by molar-refractivity contribution is 0.415. The van der Waals surface area contributed by atoms with Crippen LogP contribution in [-0.2, 0) is 0 Å². The topological polar surface area (TPSA) is 41.5 Å². The lowest BCUT2D eigenvalue weighted by Crippen LogP contribution is -2.46. The molecule has 3 rings (SSSR count). The van der Waals surface area contributed by atoms with Gasteiger partial charge in [-0.2, -0.15) is 4.37 Å². The monoisotopic (exact) mass is 318 g/mol. The molecule has 1 aliphatic heterocycles. The first-order valence-corrected chi connectivity index (χ1v) is 8.42. The Kier molecular flexibility index (Phi) is 4.47. The van der Waals surface area contributed by atoms with E-state index < -0.39 is 0 Å². The molecule has 1 aliphatic rings. The summed E-state index contributed by atoms with van der Waals surface area (Å²) >= 11 is 1.52. The Balaban J connectivity index is 1.61. The lowest BCUT2D eigenvalue weighted by atomic mass is 10.2. The highest BCUT2D eigenvalue weighted by molar-refractivity contribution is 7.09. The number of nitrogens with zero attached hydrogens (tertiary/aromatic N) is 4. The van der Waals surface area contributed by atoms with Crippen LogP contribution in [-0.4, -0.2) is 42.6 Å². The van der Waals surface area contributed by atoms with Crippen LogP contribution in [0.3, 0.4) is 0 Å². The van der Waals surface area contributed by atoms with Crippen molar-refractivity contribution in [3.63, 3.8) is 0 Å². The summed E-state index contributed by atoms with van der Waals surface area (Å²) in [5.41, 5.74) is 1.25. The van der Waals surface area contributed by atoms with E-state index in [9.17, 15) is 0 Å². The molecule has 2 aromatic rings. The Bertz CT molecular complexity index is 603. The van der Waals surface area contributed by atoms with Gasteiger partial charge in [-0.1, -0.05) is 13.8 Å². The third-order valence-electron chi connectivity index (χ3n) is 3.94.